The maximum Gasteiger partial charge on any atom is 0.335 e. The van der Waals surface area contributed by atoms with Crippen molar-refractivity contribution < 1.29 is 32.7 Å². The number of piperazine rings is 1. The quantitative estimate of drug-likeness (QED) is 0.657. The van der Waals surface area contributed by atoms with E-state index in [0.29, 0.717) is 6.07 Å². The molecule has 170 valence electrons. The Labute approximate surface area is 182 Å². The number of hydrogen-bond acceptors (Lipinski definition) is 4. The van der Waals surface area contributed by atoms with Gasteiger partial charge in [-0.15, -0.1) is 0 Å². The van der Waals surface area contributed by atoms with Crippen molar-refractivity contribution in [2.24, 2.45) is 5.73 Å². The lowest BCUT2D eigenvalue weighted by Gasteiger charge is -2.35. The number of benzene rings is 2. The molecule has 1 aliphatic heterocycles. The fraction of sp³-hybridized carbons (Fsp3) is 0.318. The Morgan fingerprint density at radius 1 is 0.906 bits per heavy atom. The standard InChI is InChI=1S/C22H22F3N3O4/c23-17-12-19(25)18(24)10-15(17)9-16(26)11-20(29)27-4-6-28(7-5-27)21(30)13-2-1-3-14(8-13)22(31)32/h1-3,8,10,12,16H,4-7,9,11,26H2,(H,31,32)/t16-/m1/s1. The largest absolute Gasteiger partial charge is 0.478 e. The SMILES string of the molecule is N[C@@H](CC(=O)N1CCN(C(=O)c2cccc(C(=O)O)c2)CC1)Cc1cc(F)c(F)cc1F. The van der Waals surface area contributed by atoms with Crippen molar-refractivity contribution in [1.29, 1.82) is 0 Å². The highest BCUT2D eigenvalue weighted by Crippen LogP contribution is 2.17. The maximum absolute atomic E-state index is 13.8. The van der Waals surface area contributed by atoms with Crippen LogP contribution >= 0.6 is 0 Å². The summed E-state index contributed by atoms with van der Waals surface area (Å²) in [6.07, 6.45) is -0.250. The Morgan fingerprint density at radius 2 is 1.50 bits per heavy atom. The van der Waals surface area contributed by atoms with Gasteiger partial charge in [-0.05, 0) is 36.2 Å². The van der Waals surface area contributed by atoms with Crippen molar-refractivity contribution >= 4 is 17.8 Å². The van der Waals surface area contributed by atoms with Crippen LogP contribution in [0.4, 0.5) is 13.2 Å². The number of aromatic carboxylic acids is 1. The van der Waals surface area contributed by atoms with Crippen molar-refractivity contribution in [3.63, 3.8) is 0 Å². The Kier molecular flexibility index (Phi) is 7.14. The van der Waals surface area contributed by atoms with Crippen LogP contribution in [-0.4, -0.2) is 64.9 Å². The molecular weight excluding hydrogens is 427 g/mol. The third kappa shape index (κ3) is 5.44. The first-order valence-electron chi connectivity index (χ1n) is 9.95. The number of nitrogens with two attached hydrogens (primary N) is 1. The maximum atomic E-state index is 13.8. The van der Waals surface area contributed by atoms with Crippen LogP contribution < -0.4 is 5.73 Å². The highest BCUT2D eigenvalue weighted by Gasteiger charge is 2.26. The second-order valence-corrected chi connectivity index (χ2v) is 7.58. The number of carbonyl (C=O) groups excluding carboxylic acids is 2. The minimum Gasteiger partial charge on any atom is -0.478 e. The molecule has 3 N–H and O–H groups in total. The zero-order valence-electron chi connectivity index (χ0n) is 17.1. The fourth-order valence-corrected chi connectivity index (χ4v) is 3.55. The summed E-state index contributed by atoms with van der Waals surface area (Å²) in [5.74, 6) is -5.15. The minimum absolute atomic E-state index is 0.0103. The molecule has 2 aromatic carbocycles. The first-order valence-corrected chi connectivity index (χ1v) is 9.95. The van der Waals surface area contributed by atoms with Crippen molar-refractivity contribution in [1.82, 2.24) is 9.80 Å². The molecule has 0 radical (unpaired) electrons. The summed E-state index contributed by atoms with van der Waals surface area (Å²) in [4.78, 5) is 39.3. The van der Waals surface area contributed by atoms with Gasteiger partial charge >= 0.3 is 5.97 Å². The van der Waals surface area contributed by atoms with Gasteiger partial charge in [0.1, 0.15) is 5.82 Å². The molecule has 2 aromatic rings. The summed E-state index contributed by atoms with van der Waals surface area (Å²) in [6.45, 7) is 1.04. The van der Waals surface area contributed by atoms with E-state index < -0.39 is 29.5 Å². The second kappa shape index (κ2) is 9.82. The molecule has 1 heterocycles. The lowest BCUT2D eigenvalue weighted by Crippen LogP contribution is -2.51. The van der Waals surface area contributed by atoms with Gasteiger partial charge in [-0.2, -0.15) is 0 Å². The van der Waals surface area contributed by atoms with Crippen LogP contribution in [0.15, 0.2) is 36.4 Å². The van der Waals surface area contributed by atoms with Crippen LogP contribution in [0.5, 0.6) is 0 Å². The van der Waals surface area contributed by atoms with Gasteiger partial charge in [0.15, 0.2) is 11.6 Å². The summed E-state index contributed by atoms with van der Waals surface area (Å²) in [7, 11) is 0. The van der Waals surface area contributed by atoms with E-state index in [9.17, 15) is 27.6 Å². The van der Waals surface area contributed by atoms with E-state index in [1.54, 1.807) is 0 Å². The Morgan fingerprint density at radius 3 is 2.16 bits per heavy atom. The van der Waals surface area contributed by atoms with Crippen LogP contribution in [0.3, 0.4) is 0 Å². The van der Waals surface area contributed by atoms with E-state index >= 15 is 0 Å². The number of carboxylic acid groups (broad SMARTS) is 1. The van der Waals surface area contributed by atoms with Crippen molar-refractivity contribution in [3.05, 3.63) is 70.5 Å². The molecule has 32 heavy (non-hydrogen) atoms. The number of hydrogen-bond donors (Lipinski definition) is 2. The number of rotatable bonds is 6. The molecule has 1 saturated heterocycles. The molecule has 0 spiro atoms. The van der Waals surface area contributed by atoms with Crippen LogP contribution in [0.1, 0.15) is 32.7 Å². The summed E-state index contributed by atoms with van der Waals surface area (Å²) in [6, 6.07) is 6.11. The Balaban J connectivity index is 1.53. The van der Waals surface area contributed by atoms with Crippen LogP contribution in [0.2, 0.25) is 0 Å². The highest BCUT2D eigenvalue weighted by molar-refractivity contribution is 5.97. The molecule has 7 nitrogen and oxygen atoms in total. The number of nitrogens with zero attached hydrogens (tertiary/aromatic N) is 2. The van der Waals surface area contributed by atoms with E-state index in [1.165, 1.54) is 34.1 Å². The molecule has 0 unspecified atom stereocenters. The molecule has 2 amide bonds. The summed E-state index contributed by atoms with van der Waals surface area (Å²) >= 11 is 0. The summed E-state index contributed by atoms with van der Waals surface area (Å²) in [5.41, 5.74) is 6.07. The number of carbonyl (C=O) groups is 3. The normalized spacial score (nSPS) is 14.9. The van der Waals surface area contributed by atoms with E-state index in [-0.39, 0.29) is 67.5 Å². The van der Waals surface area contributed by atoms with Gasteiger partial charge in [0.2, 0.25) is 5.91 Å². The minimum atomic E-state index is -1.29. The predicted octanol–water partition coefficient (Wildman–Crippen LogP) is 2.05. The molecule has 0 bridgehead atoms. The lowest BCUT2D eigenvalue weighted by molar-refractivity contribution is -0.133. The molecule has 1 aliphatic rings. The average molecular weight is 449 g/mol. The molecule has 1 atom stereocenters. The fourth-order valence-electron chi connectivity index (χ4n) is 3.55. The zero-order chi connectivity index (χ0) is 23.4. The molecule has 0 saturated carbocycles. The predicted molar refractivity (Wildman–Crippen MR) is 108 cm³/mol. The van der Waals surface area contributed by atoms with Gasteiger partial charge in [0, 0.05) is 50.3 Å². The van der Waals surface area contributed by atoms with Crippen LogP contribution in [0, 0.1) is 17.5 Å². The molecule has 3 rings (SSSR count). The van der Waals surface area contributed by atoms with Crippen molar-refractivity contribution in [3.8, 4) is 0 Å². The van der Waals surface area contributed by atoms with Crippen LogP contribution in [-0.2, 0) is 11.2 Å². The van der Waals surface area contributed by atoms with E-state index in [0.717, 1.165) is 6.07 Å². The molecule has 0 aliphatic carbocycles. The molecule has 0 aromatic heterocycles. The van der Waals surface area contributed by atoms with Gasteiger partial charge < -0.3 is 20.6 Å². The third-order valence-corrected chi connectivity index (χ3v) is 5.28. The smallest absolute Gasteiger partial charge is 0.335 e. The van der Waals surface area contributed by atoms with E-state index in [2.05, 4.69) is 0 Å². The number of halogens is 3. The van der Waals surface area contributed by atoms with Gasteiger partial charge in [0.25, 0.3) is 5.91 Å². The Hall–Kier alpha value is -3.40. The van der Waals surface area contributed by atoms with Gasteiger partial charge in [0.05, 0.1) is 5.56 Å². The number of carboxylic acids is 1. The topological polar surface area (TPSA) is 104 Å². The molecule has 1 fully saturated rings. The van der Waals surface area contributed by atoms with Gasteiger partial charge in [-0.25, -0.2) is 18.0 Å². The lowest BCUT2D eigenvalue weighted by atomic mass is 10.0. The summed E-state index contributed by atoms with van der Waals surface area (Å²) in [5, 5.41) is 9.07. The second-order valence-electron chi connectivity index (χ2n) is 7.58. The molecular formula is C22H22F3N3O4. The van der Waals surface area contributed by atoms with E-state index in [1.807, 2.05) is 0 Å². The number of amides is 2. The summed E-state index contributed by atoms with van der Waals surface area (Å²) < 4.78 is 40.2. The Bertz CT molecular complexity index is 1040. The highest BCUT2D eigenvalue weighted by atomic mass is 19.2. The monoisotopic (exact) mass is 449 g/mol. The zero-order valence-corrected chi connectivity index (χ0v) is 17.1. The molecule has 10 heteroatoms. The first kappa shape index (κ1) is 23.3. The van der Waals surface area contributed by atoms with E-state index in [4.69, 9.17) is 10.8 Å². The van der Waals surface area contributed by atoms with Crippen molar-refractivity contribution in [2.75, 3.05) is 26.2 Å². The first-order chi connectivity index (χ1) is 15.2. The van der Waals surface area contributed by atoms with Gasteiger partial charge in [-0.1, -0.05) is 6.07 Å². The van der Waals surface area contributed by atoms with Gasteiger partial charge in [-0.3, -0.25) is 9.59 Å². The third-order valence-electron chi connectivity index (χ3n) is 5.28. The van der Waals surface area contributed by atoms with Crippen LogP contribution in [0.25, 0.3) is 0 Å². The van der Waals surface area contributed by atoms with Crippen molar-refractivity contribution in [2.45, 2.75) is 18.9 Å². The average Bonchev–Trinajstić information content (AvgIpc) is 2.77.